The van der Waals surface area contributed by atoms with Gasteiger partial charge in [-0.3, -0.25) is 4.79 Å². The van der Waals surface area contributed by atoms with Crippen LogP contribution >= 0.6 is 11.6 Å². The molecule has 2 fully saturated rings. The van der Waals surface area contributed by atoms with Gasteiger partial charge in [0, 0.05) is 16.0 Å². The first-order chi connectivity index (χ1) is 14.0. The molecule has 0 aromatic heterocycles. The number of methoxy groups -OCH3 is 1. The van der Waals surface area contributed by atoms with Gasteiger partial charge in [-0.15, -0.1) is 0 Å². The van der Waals surface area contributed by atoms with Gasteiger partial charge in [-0.25, -0.2) is 4.39 Å². The van der Waals surface area contributed by atoms with E-state index in [9.17, 15) is 4.79 Å². The van der Waals surface area contributed by atoms with E-state index in [4.69, 9.17) is 25.6 Å². The maximum Gasteiger partial charge on any atom is 0.497 e. The number of carbonyl (C=O) groups excluding carboxylic acids is 1. The number of rotatable bonds is 4. The molecule has 2 aromatic rings. The lowest BCUT2D eigenvalue weighted by Crippen LogP contribution is -2.41. The van der Waals surface area contributed by atoms with Crippen LogP contribution in [0.3, 0.4) is 0 Å². The van der Waals surface area contributed by atoms with E-state index in [0.717, 1.165) is 24.0 Å². The average molecular weight is 431 g/mol. The normalized spacial score (nSPS) is 20.8. The van der Waals surface area contributed by atoms with Gasteiger partial charge in [-0.05, 0) is 63.8 Å². The number of hydrogen-bond acceptors (Lipinski definition) is 4. The van der Waals surface area contributed by atoms with Gasteiger partial charge in [0.25, 0.3) is 0 Å². The molecule has 0 amide bonds. The van der Waals surface area contributed by atoms with E-state index in [1.165, 1.54) is 13.2 Å². The Balaban J connectivity index is 1.63. The van der Waals surface area contributed by atoms with Crippen LogP contribution in [0.25, 0.3) is 11.1 Å². The Bertz CT molecular complexity index is 983. The van der Waals surface area contributed by atoms with Crippen molar-refractivity contribution in [2.75, 3.05) is 7.11 Å². The summed E-state index contributed by atoms with van der Waals surface area (Å²) >= 11 is 6.52. The predicted molar refractivity (Wildman–Crippen MR) is 115 cm³/mol. The number of benzene rings is 2. The summed E-state index contributed by atoms with van der Waals surface area (Å²) in [5.41, 5.74) is 0.855. The molecule has 0 spiro atoms. The van der Waals surface area contributed by atoms with Gasteiger partial charge in [0.05, 0.1) is 23.7 Å². The van der Waals surface area contributed by atoms with Crippen molar-refractivity contribution < 1.29 is 23.2 Å². The van der Waals surface area contributed by atoms with Gasteiger partial charge in [0.15, 0.2) is 0 Å². The molecule has 4 nitrogen and oxygen atoms in total. The number of ether oxygens (including phenoxy) is 1. The molecular weight excluding hydrogens is 406 g/mol. The lowest BCUT2D eigenvalue weighted by atomic mass is 9.78. The molecule has 7 heteroatoms. The maximum absolute atomic E-state index is 15.0. The van der Waals surface area contributed by atoms with Gasteiger partial charge in [0.2, 0.25) is 0 Å². The zero-order valence-corrected chi connectivity index (χ0v) is 18.6. The van der Waals surface area contributed by atoms with Crippen LogP contribution in [-0.4, -0.2) is 31.4 Å². The van der Waals surface area contributed by atoms with Crippen molar-refractivity contribution in [3.8, 4) is 11.1 Å². The van der Waals surface area contributed by atoms with Gasteiger partial charge < -0.3 is 14.0 Å². The van der Waals surface area contributed by atoms with Crippen molar-refractivity contribution in [1.82, 2.24) is 0 Å². The molecule has 2 aliphatic rings. The minimum atomic E-state index is -0.821. The molecule has 30 heavy (non-hydrogen) atoms. The Morgan fingerprint density at radius 2 is 1.63 bits per heavy atom. The lowest BCUT2D eigenvalue weighted by molar-refractivity contribution is -0.143. The molecule has 0 atom stereocenters. The first-order valence-corrected chi connectivity index (χ1v) is 10.4. The van der Waals surface area contributed by atoms with Crippen molar-refractivity contribution in [2.24, 2.45) is 0 Å². The molecule has 4 rings (SSSR count). The average Bonchev–Trinajstić information content (AvgIpc) is 3.46. The maximum atomic E-state index is 15.0. The number of carbonyl (C=O) groups is 1. The summed E-state index contributed by atoms with van der Waals surface area (Å²) < 4.78 is 31.9. The highest BCUT2D eigenvalue weighted by Gasteiger charge is 2.53. The van der Waals surface area contributed by atoms with E-state index in [2.05, 4.69) is 0 Å². The monoisotopic (exact) mass is 430 g/mol. The molecule has 0 unspecified atom stereocenters. The molecule has 0 N–H and O–H groups in total. The summed E-state index contributed by atoms with van der Waals surface area (Å²) in [5, 5.41) is 0.406. The highest BCUT2D eigenvalue weighted by molar-refractivity contribution is 6.62. The fraction of sp³-hybridized carbons (Fsp3) is 0.435. The third kappa shape index (κ3) is 3.35. The zero-order chi connectivity index (χ0) is 21.9. The van der Waals surface area contributed by atoms with Gasteiger partial charge in [0.1, 0.15) is 5.82 Å². The Kier molecular flexibility index (Phi) is 5.04. The van der Waals surface area contributed by atoms with Crippen molar-refractivity contribution in [3.63, 3.8) is 0 Å². The molecule has 1 saturated heterocycles. The fourth-order valence-corrected chi connectivity index (χ4v) is 4.12. The lowest BCUT2D eigenvalue weighted by Gasteiger charge is -2.32. The van der Waals surface area contributed by atoms with E-state index in [-0.39, 0.29) is 11.4 Å². The summed E-state index contributed by atoms with van der Waals surface area (Å²) in [7, 11) is 0.583. The summed E-state index contributed by atoms with van der Waals surface area (Å²) in [6.45, 7) is 7.68. The largest absolute Gasteiger partial charge is 0.497 e. The van der Waals surface area contributed by atoms with Crippen LogP contribution in [0.2, 0.25) is 5.02 Å². The number of esters is 1. The summed E-state index contributed by atoms with van der Waals surface area (Å²) in [6.07, 6.45) is 1.55. The van der Waals surface area contributed by atoms with Crippen molar-refractivity contribution in [2.45, 2.75) is 57.2 Å². The number of hydrogen-bond donors (Lipinski definition) is 0. The van der Waals surface area contributed by atoms with Crippen LogP contribution < -0.4 is 5.46 Å². The van der Waals surface area contributed by atoms with E-state index in [0.29, 0.717) is 10.6 Å². The Morgan fingerprint density at radius 1 is 1.07 bits per heavy atom. The highest BCUT2D eigenvalue weighted by Crippen LogP contribution is 2.49. The first kappa shape index (κ1) is 21.4. The van der Waals surface area contributed by atoms with Crippen LogP contribution in [0.15, 0.2) is 36.4 Å². The Hall–Kier alpha value is -1.89. The molecule has 0 radical (unpaired) electrons. The van der Waals surface area contributed by atoms with Crippen molar-refractivity contribution >= 4 is 30.2 Å². The second kappa shape index (κ2) is 7.08. The van der Waals surface area contributed by atoms with Crippen LogP contribution in [0.5, 0.6) is 0 Å². The van der Waals surface area contributed by atoms with Crippen LogP contribution in [0.1, 0.15) is 46.1 Å². The minimum absolute atomic E-state index is 0.217. The summed E-state index contributed by atoms with van der Waals surface area (Å²) in [6, 6.07) is 10.5. The quantitative estimate of drug-likeness (QED) is 0.523. The zero-order valence-electron chi connectivity index (χ0n) is 17.8. The standard InChI is InChI=1S/C23H25BClFO4/c1-21(2)22(3,4)30-24(29-21)17-13-18(25)16(12-19(17)26)14-6-8-15(9-7-14)23(10-11-23)20(27)28-5/h6-9,12-13H,10-11H2,1-5H3. The molecule has 1 heterocycles. The second-order valence-electron chi connectivity index (χ2n) is 9.09. The van der Waals surface area contributed by atoms with Crippen LogP contribution in [-0.2, 0) is 24.3 Å². The van der Waals surface area contributed by atoms with Crippen molar-refractivity contribution in [3.05, 3.63) is 52.8 Å². The third-order valence-corrected chi connectivity index (χ3v) is 6.98. The molecular formula is C23H25BClFO4. The smallest absolute Gasteiger partial charge is 0.468 e. The minimum Gasteiger partial charge on any atom is -0.468 e. The Morgan fingerprint density at radius 3 is 2.13 bits per heavy atom. The molecule has 1 aliphatic carbocycles. The summed E-state index contributed by atoms with van der Waals surface area (Å²) in [4.78, 5) is 12.1. The molecule has 2 aromatic carbocycles. The van der Waals surface area contributed by atoms with E-state index in [1.54, 1.807) is 6.07 Å². The van der Waals surface area contributed by atoms with Gasteiger partial charge >= 0.3 is 13.1 Å². The third-order valence-electron chi connectivity index (χ3n) is 6.67. The second-order valence-corrected chi connectivity index (χ2v) is 9.50. The van der Waals surface area contributed by atoms with Crippen LogP contribution in [0.4, 0.5) is 4.39 Å². The SMILES string of the molecule is COC(=O)C1(c2ccc(-c3cc(F)c(B4OC(C)(C)C(C)(C)O4)cc3Cl)cc2)CC1. The first-order valence-electron chi connectivity index (χ1n) is 10.0. The molecule has 1 saturated carbocycles. The topological polar surface area (TPSA) is 44.8 Å². The fourth-order valence-electron chi connectivity index (χ4n) is 3.83. The van der Waals surface area contributed by atoms with E-state index < -0.39 is 29.6 Å². The van der Waals surface area contributed by atoms with E-state index in [1.807, 2.05) is 52.0 Å². The van der Waals surface area contributed by atoms with Crippen LogP contribution in [0, 0.1) is 5.82 Å². The predicted octanol–water partition coefficient (Wildman–Crippen LogP) is 4.65. The highest BCUT2D eigenvalue weighted by atomic mass is 35.5. The van der Waals surface area contributed by atoms with Crippen molar-refractivity contribution in [1.29, 1.82) is 0 Å². The Labute approximate surface area is 181 Å². The van der Waals surface area contributed by atoms with Gasteiger partial charge in [-0.1, -0.05) is 35.9 Å². The summed E-state index contributed by atoms with van der Waals surface area (Å²) in [5.74, 6) is -0.656. The number of halogens is 2. The molecule has 0 bridgehead atoms. The molecule has 158 valence electrons. The van der Waals surface area contributed by atoms with Gasteiger partial charge in [-0.2, -0.15) is 0 Å². The van der Waals surface area contributed by atoms with E-state index >= 15 is 4.39 Å². The molecule has 1 aliphatic heterocycles.